The number of ether oxygens (including phenoxy) is 1. The molecule has 3 rings (SSSR count). The lowest BCUT2D eigenvalue weighted by Crippen LogP contribution is -2.42. The summed E-state index contributed by atoms with van der Waals surface area (Å²) in [6.45, 7) is 8.61. The highest BCUT2D eigenvalue weighted by molar-refractivity contribution is 6.30. The molecule has 0 aliphatic carbocycles. The average molecular weight is 450 g/mol. The van der Waals surface area contributed by atoms with Crippen LogP contribution in [-0.2, 0) is 11.2 Å². The van der Waals surface area contributed by atoms with Gasteiger partial charge in [-0.1, -0.05) is 18.5 Å². The largest absolute Gasteiger partial charge is 0.444 e. The summed E-state index contributed by atoms with van der Waals surface area (Å²) < 4.78 is 7.28. The van der Waals surface area contributed by atoms with Crippen LogP contribution in [0.3, 0.4) is 0 Å². The molecule has 168 valence electrons. The Kier molecular flexibility index (Phi) is 6.68. The molecule has 1 fully saturated rings. The minimum Gasteiger partial charge on any atom is -0.444 e. The van der Waals surface area contributed by atoms with E-state index in [4.69, 9.17) is 22.1 Å². The molecule has 0 saturated carbocycles. The first-order valence-electron chi connectivity index (χ1n) is 10.2. The Morgan fingerprint density at radius 1 is 1.29 bits per heavy atom. The van der Waals surface area contributed by atoms with Crippen molar-refractivity contribution in [3.05, 3.63) is 28.9 Å². The Hall–Kier alpha value is -2.88. The van der Waals surface area contributed by atoms with E-state index >= 15 is 0 Å². The molecule has 2 amide bonds. The molecule has 2 aromatic rings. The Morgan fingerprint density at radius 3 is 2.55 bits per heavy atom. The van der Waals surface area contributed by atoms with Gasteiger partial charge in [0.1, 0.15) is 5.60 Å². The Balaban J connectivity index is 1.66. The van der Waals surface area contributed by atoms with Gasteiger partial charge < -0.3 is 20.7 Å². The van der Waals surface area contributed by atoms with Gasteiger partial charge in [0.25, 0.3) is 5.91 Å². The van der Waals surface area contributed by atoms with E-state index in [1.807, 2.05) is 38.6 Å². The molecular weight excluding hydrogens is 422 g/mol. The zero-order valence-electron chi connectivity index (χ0n) is 18.2. The first-order valence-corrected chi connectivity index (χ1v) is 10.6. The van der Waals surface area contributed by atoms with Crippen molar-refractivity contribution in [3.63, 3.8) is 0 Å². The minimum atomic E-state index is -0.691. The van der Waals surface area contributed by atoms with Crippen LogP contribution in [0.2, 0.25) is 5.15 Å². The number of aromatic nitrogens is 4. The van der Waals surface area contributed by atoms with Crippen LogP contribution in [-0.4, -0.2) is 55.3 Å². The van der Waals surface area contributed by atoms with Crippen molar-refractivity contribution in [2.45, 2.75) is 58.6 Å². The fourth-order valence-corrected chi connectivity index (χ4v) is 3.57. The summed E-state index contributed by atoms with van der Waals surface area (Å²) >= 11 is 6.15. The fourth-order valence-electron chi connectivity index (χ4n) is 3.31. The molecule has 1 aliphatic rings. The van der Waals surface area contributed by atoms with E-state index < -0.39 is 11.5 Å². The summed E-state index contributed by atoms with van der Waals surface area (Å²) in [7, 11) is 0. The maximum absolute atomic E-state index is 12.2. The highest BCUT2D eigenvalue weighted by Crippen LogP contribution is 2.26. The molecule has 2 aromatic heterocycles. The first-order chi connectivity index (χ1) is 14.6. The number of nitrogens with one attached hydrogen (secondary N) is 1. The molecule has 0 radical (unpaired) electrons. The van der Waals surface area contributed by atoms with E-state index in [0.29, 0.717) is 30.9 Å². The number of hydrogen-bond acceptors (Lipinski definition) is 7. The van der Waals surface area contributed by atoms with Crippen molar-refractivity contribution in [3.8, 4) is 0 Å². The number of amides is 2. The summed E-state index contributed by atoms with van der Waals surface area (Å²) in [5.74, 6) is -0.503. The Morgan fingerprint density at radius 2 is 1.97 bits per heavy atom. The van der Waals surface area contributed by atoms with Gasteiger partial charge in [-0.05, 0) is 40.0 Å². The number of nitrogens with zero attached hydrogens (tertiary/aromatic N) is 5. The van der Waals surface area contributed by atoms with Crippen LogP contribution < -0.4 is 11.1 Å². The third kappa shape index (κ3) is 5.63. The molecule has 1 saturated heterocycles. The van der Waals surface area contributed by atoms with Gasteiger partial charge >= 0.3 is 6.09 Å². The van der Waals surface area contributed by atoms with Crippen LogP contribution >= 0.6 is 11.6 Å². The number of carbonyl (C=O) groups is 2. The summed E-state index contributed by atoms with van der Waals surface area (Å²) in [4.78, 5) is 34.2. The van der Waals surface area contributed by atoms with Crippen LogP contribution in [0, 0.1) is 0 Å². The van der Waals surface area contributed by atoms with Gasteiger partial charge in [0.15, 0.2) is 16.7 Å². The van der Waals surface area contributed by atoms with Crippen molar-refractivity contribution in [2.75, 3.05) is 18.4 Å². The van der Waals surface area contributed by atoms with Gasteiger partial charge in [-0.2, -0.15) is 5.10 Å². The Bertz CT molecular complexity index is 962. The van der Waals surface area contributed by atoms with Crippen LogP contribution in [0.25, 0.3) is 0 Å². The summed E-state index contributed by atoms with van der Waals surface area (Å²) in [5.41, 5.74) is 6.11. The van der Waals surface area contributed by atoms with Gasteiger partial charge in [-0.3, -0.25) is 9.48 Å². The zero-order valence-corrected chi connectivity index (χ0v) is 18.9. The quantitative estimate of drug-likeness (QED) is 0.716. The van der Waals surface area contributed by atoms with Gasteiger partial charge in [0.2, 0.25) is 0 Å². The van der Waals surface area contributed by atoms with Gasteiger partial charge in [-0.15, -0.1) is 0 Å². The van der Waals surface area contributed by atoms with E-state index in [2.05, 4.69) is 20.4 Å². The van der Waals surface area contributed by atoms with Crippen LogP contribution in [0.15, 0.2) is 12.4 Å². The maximum Gasteiger partial charge on any atom is 0.410 e. The van der Waals surface area contributed by atoms with Crippen LogP contribution in [0.1, 0.15) is 62.8 Å². The number of halogens is 1. The lowest BCUT2D eigenvalue weighted by atomic mass is 10.1. The van der Waals surface area contributed by atoms with E-state index in [9.17, 15) is 9.59 Å². The number of piperidine rings is 1. The molecule has 0 unspecified atom stereocenters. The van der Waals surface area contributed by atoms with E-state index in [1.54, 1.807) is 11.1 Å². The van der Waals surface area contributed by atoms with Crippen molar-refractivity contribution in [2.24, 2.45) is 5.73 Å². The standard InChI is InChI=1S/C20H28ClN7O3/c1-5-14-16(21)26-18(15(25-14)17(22)29)24-12-10-23-28(11-12)13-6-8-27(9-7-13)19(30)31-20(2,3)4/h10-11,13H,5-9H2,1-4H3,(H2,22,29)(H,24,26). The molecule has 3 heterocycles. The number of carbonyl (C=O) groups excluding carboxylic acids is 2. The molecular formula is C20H28ClN7O3. The van der Waals surface area contributed by atoms with Gasteiger partial charge in [0.05, 0.1) is 23.6 Å². The summed E-state index contributed by atoms with van der Waals surface area (Å²) in [6, 6.07) is 0.141. The number of nitrogens with two attached hydrogens (primary N) is 1. The highest BCUT2D eigenvalue weighted by Gasteiger charge is 2.28. The fraction of sp³-hybridized carbons (Fsp3) is 0.550. The molecule has 0 spiro atoms. The molecule has 1 aliphatic heterocycles. The molecule has 3 N–H and O–H groups in total. The second kappa shape index (κ2) is 9.09. The predicted octanol–water partition coefficient (Wildman–Crippen LogP) is 3.30. The molecule has 0 aromatic carbocycles. The molecule has 11 heteroatoms. The van der Waals surface area contributed by atoms with Crippen molar-refractivity contribution in [1.82, 2.24) is 24.6 Å². The number of hydrogen-bond donors (Lipinski definition) is 2. The molecule has 31 heavy (non-hydrogen) atoms. The summed E-state index contributed by atoms with van der Waals surface area (Å²) in [5, 5.41) is 7.67. The number of primary amides is 1. The highest BCUT2D eigenvalue weighted by atomic mass is 35.5. The number of anilines is 2. The van der Waals surface area contributed by atoms with Crippen molar-refractivity contribution in [1.29, 1.82) is 0 Å². The molecule has 0 bridgehead atoms. The van der Waals surface area contributed by atoms with Crippen molar-refractivity contribution < 1.29 is 14.3 Å². The lowest BCUT2D eigenvalue weighted by molar-refractivity contribution is 0.0184. The van der Waals surface area contributed by atoms with E-state index in [1.165, 1.54) is 0 Å². The first kappa shape index (κ1) is 22.8. The average Bonchev–Trinajstić information content (AvgIpc) is 3.15. The lowest BCUT2D eigenvalue weighted by Gasteiger charge is -2.33. The third-order valence-electron chi connectivity index (χ3n) is 4.84. The second-order valence-corrected chi connectivity index (χ2v) is 8.77. The maximum atomic E-state index is 12.2. The predicted molar refractivity (Wildman–Crippen MR) is 117 cm³/mol. The topological polar surface area (TPSA) is 128 Å². The van der Waals surface area contributed by atoms with E-state index in [-0.39, 0.29) is 28.8 Å². The SMILES string of the molecule is CCc1nc(C(N)=O)c(Nc2cnn(C3CCN(C(=O)OC(C)(C)C)CC3)c2)nc1Cl. The second-order valence-electron chi connectivity index (χ2n) is 8.41. The van der Waals surface area contributed by atoms with E-state index in [0.717, 1.165) is 12.8 Å². The van der Waals surface area contributed by atoms with Gasteiger partial charge in [0, 0.05) is 19.3 Å². The number of likely N-dealkylation sites (tertiary alicyclic amines) is 1. The Labute approximate surface area is 186 Å². The summed E-state index contributed by atoms with van der Waals surface area (Å²) in [6.07, 6.45) is 5.20. The number of aryl methyl sites for hydroxylation is 1. The van der Waals surface area contributed by atoms with Gasteiger partial charge in [-0.25, -0.2) is 14.8 Å². The monoisotopic (exact) mass is 449 g/mol. The normalized spacial score (nSPS) is 15.1. The molecule has 10 nitrogen and oxygen atoms in total. The number of rotatable bonds is 5. The third-order valence-corrected chi connectivity index (χ3v) is 5.14. The zero-order chi connectivity index (χ0) is 22.8. The molecule has 0 atom stereocenters. The van der Waals surface area contributed by atoms with Crippen LogP contribution in [0.4, 0.5) is 16.3 Å². The smallest absolute Gasteiger partial charge is 0.410 e. The van der Waals surface area contributed by atoms with Crippen molar-refractivity contribution >= 4 is 35.1 Å². The van der Waals surface area contributed by atoms with Crippen LogP contribution in [0.5, 0.6) is 0 Å². The minimum absolute atomic E-state index is 0.0275.